The second-order valence-corrected chi connectivity index (χ2v) is 5.08. The summed E-state index contributed by atoms with van der Waals surface area (Å²) in [6, 6.07) is 1.27. The molecule has 5 unspecified atom stereocenters. The highest BCUT2D eigenvalue weighted by molar-refractivity contribution is 5.27. The van der Waals surface area contributed by atoms with E-state index in [0.717, 1.165) is 6.42 Å². The van der Waals surface area contributed by atoms with Crippen LogP contribution in [0.15, 0.2) is 24.0 Å². The van der Waals surface area contributed by atoms with Crippen LogP contribution in [-0.4, -0.2) is 35.2 Å². The Labute approximate surface area is 90.3 Å². The van der Waals surface area contributed by atoms with E-state index in [4.69, 9.17) is 5.73 Å². The van der Waals surface area contributed by atoms with Gasteiger partial charge in [0.25, 0.3) is 0 Å². The van der Waals surface area contributed by atoms with Gasteiger partial charge in [0.1, 0.15) is 5.76 Å². The summed E-state index contributed by atoms with van der Waals surface area (Å²) in [5.41, 5.74) is 6.15. The number of nitrogens with zero attached hydrogens (tertiary/aromatic N) is 1. The SMILES string of the molecule is CN1C2C=CC(O)=CC2C2CCC(N)C21. The summed E-state index contributed by atoms with van der Waals surface area (Å²) in [7, 11) is 2.16. The molecular weight excluding hydrogens is 188 g/mol. The Bertz CT molecular complexity index is 337. The lowest BCUT2D eigenvalue weighted by molar-refractivity contribution is 0.239. The lowest BCUT2D eigenvalue weighted by Gasteiger charge is -2.27. The van der Waals surface area contributed by atoms with Gasteiger partial charge in [0.2, 0.25) is 0 Å². The van der Waals surface area contributed by atoms with Gasteiger partial charge in [-0.2, -0.15) is 0 Å². The van der Waals surface area contributed by atoms with Gasteiger partial charge in [-0.3, -0.25) is 4.90 Å². The molecule has 3 heteroatoms. The van der Waals surface area contributed by atoms with E-state index in [1.54, 1.807) is 0 Å². The van der Waals surface area contributed by atoms with Crippen molar-refractivity contribution in [3.63, 3.8) is 0 Å². The molecule has 0 amide bonds. The van der Waals surface area contributed by atoms with Gasteiger partial charge in [-0.1, -0.05) is 6.08 Å². The molecule has 2 fully saturated rings. The fourth-order valence-corrected chi connectivity index (χ4v) is 3.73. The Morgan fingerprint density at radius 3 is 3.07 bits per heavy atom. The third-order valence-corrected chi connectivity index (χ3v) is 4.37. The van der Waals surface area contributed by atoms with Crippen molar-refractivity contribution >= 4 is 0 Å². The molecule has 1 saturated heterocycles. The van der Waals surface area contributed by atoms with Gasteiger partial charge in [-0.25, -0.2) is 0 Å². The zero-order valence-electron chi connectivity index (χ0n) is 9.00. The van der Waals surface area contributed by atoms with Crippen LogP contribution in [0.4, 0.5) is 0 Å². The average Bonchev–Trinajstić information content (AvgIpc) is 2.70. The Balaban J connectivity index is 1.95. The normalized spacial score (nSPS) is 48.9. The van der Waals surface area contributed by atoms with Crippen molar-refractivity contribution in [1.82, 2.24) is 4.90 Å². The van der Waals surface area contributed by atoms with Gasteiger partial charge < -0.3 is 10.8 Å². The number of aliphatic hydroxyl groups excluding tert-OH is 1. The van der Waals surface area contributed by atoms with Gasteiger partial charge >= 0.3 is 0 Å². The number of nitrogens with two attached hydrogens (primary N) is 1. The number of fused-ring (bicyclic) bond motifs is 3. The molecule has 1 saturated carbocycles. The van der Waals surface area contributed by atoms with Crippen molar-refractivity contribution < 1.29 is 5.11 Å². The van der Waals surface area contributed by atoms with E-state index in [2.05, 4.69) is 18.0 Å². The molecule has 0 aromatic carbocycles. The molecule has 0 bridgehead atoms. The lowest BCUT2D eigenvalue weighted by atomic mass is 9.85. The van der Waals surface area contributed by atoms with E-state index in [-0.39, 0.29) is 0 Å². The zero-order valence-corrected chi connectivity index (χ0v) is 9.00. The molecule has 0 aromatic rings. The maximum Gasteiger partial charge on any atom is 0.111 e. The molecule has 3 N–H and O–H groups in total. The van der Waals surface area contributed by atoms with Crippen LogP contribution in [0.25, 0.3) is 0 Å². The molecule has 0 radical (unpaired) electrons. The number of allylic oxidation sites excluding steroid dienone is 1. The standard InChI is InChI=1S/C12H18N2O/c1-14-11-5-2-7(15)6-9(11)8-3-4-10(13)12(8)14/h2,5-6,8-12,15H,3-4,13H2,1H3. The van der Waals surface area contributed by atoms with E-state index in [9.17, 15) is 5.11 Å². The predicted octanol–water partition coefficient (Wildman–Crippen LogP) is 1.03. The van der Waals surface area contributed by atoms with Gasteiger partial charge in [-0.15, -0.1) is 0 Å². The minimum atomic E-state index is 0.314. The lowest BCUT2D eigenvalue weighted by Crippen LogP contribution is -2.43. The van der Waals surface area contributed by atoms with E-state index < -0.39 is 0 Å². The summed E-state index contributed by atoms with van der Waals surface area (Å²) >= 11 is 0. The van der Waals surface area contributed by atoms with Crippen molar-refractivity contribution in [3.05, 3.63) is 24.0 Å². The molecule has 82 valence electrons. The molecule has 1 heterocycles. The van der Waals surface area contributed by atoms with Gasteiger partial charge in [-0.05, 0) is 38.0 Å². The van der Waals surface area contributed by atoms with E-state index in [0.29, 0.717) is 35.7 Å². The first-order valence-electron chi connectivity index (χ1n) is 5.75. The summed E-state index contributed by atoms with van der Waals surface area (Å²) in [5.74, 6) is 1.53. The van der Waals surface area contributed by atoms with Crippen molar-refractivity contribution in [2.75, 3.05) is 7.05 Å². The second-order valence-electron chi connectivity index (χ2n) is 5.08. The third kappa shape index (κ3) is 1.20. The minimum Gasteiger partial charge on any atom is -0.508 e. The van der Waals surface area contributed by atoms with Crippen molar-refractivity contribution in [1.29, 1.82) is 0 Å². The predicted molar refractivity (Wildman–Crippen MR) is 59.4 cm³/mol. The monoisotopic (exact) mass is 206 g/mol. The van der Waals surface area contributed by atoms with Crippen molar-refractivity contribution in [2.24, 2.45) is 17.6 Å². The van der Waals surface area contributed by atoms with E-state index >= 15 is 0 Å². The maximum absolute atomic E-state index is 9.55. The summed E-state index contributed by atoms with van der Waals surface area (Å²) in [6.45, 7) is 0. The Kier molecular flexibility index (Phi) is 1.94. The number of hydrogen-bond acceptors (Lipinski definition) is 3. The minimum absolute atomic E-state index is 0.314. The number of hydrogen-bond donors (Lipinski definition) is 2. The van der Waals surface area contributed by atoms with Crippen LogP contribution in [0.1, 0.15) is 12.8 Å². The number of aliphatic hydroxyl groups is 1. The second kappa shape index (κ2) is 3.09. The summed E-state index contributed by atoms with van der Waals surface area (Å²) in [4.78, 5) is 2.40. The Hall–Kier alpha value is -0.800. The molecule has 0 aromatic heterocycles. The van der Waals surface area contributed by atoms with Gasteiger partial charge in [0.05, 0.1) is 0 Å². The van der Waals surface area contributed by atoms with Crippen LogP contribution in [0, 0.1) is 11.8 Å². The molecular formula is C12H18N2O. The van der Waals surface area contributed by atoms with E-state index in [1.165, 1.54) is 6.42 Å². The summed E-state index contributed by atoms with van der Waals surface area (Å²) in [6.07, 6.45) is 8.27. The van der Waals surface area contributed by atoms with Crippen LogP contribution in [0.5, 0.6) is 0 Å². The van der Waals surface area contributed by atoms with Crippen LogP contribution in [0.2, 0.25) is 0 Å². The fraction of sp³-hybridized carbons (Fsp3) is 0.667. The number of rotatable bonds is 0. The highest BCUT2D eigenvalue weighted by Crippen LogP contribution is 2.46. The molecule has 15 heavy (non-hydrogen) atoms. The smallest absolute Gasteiger partial charge is 0.111 e. The molecule has 5 atom stereocenters. The van der Waals surface area contributed by atoms with Crippen molar-refractivity contribution in [3.8, 4) is 0 Å². The average molecular weight is 206 g/mol. The molecule has 0 spiro atoms. The molecule has 3 rings (SSSR count). The van der Waals surface area contributed by atoms with Crippen LogP contribution in [0.3, 0.4) is 0 Å². The molecule has 3 nitrogen and oxygen atoms in total. The van der Waals surface area contributed by atoms with Crippen LogP contribution < -0.4 is 5.73 Å². The van der Waals surface area contributed by atoms with Crippen LogP contribution >= 0.6 is 0 Å². The maximum atomic E-state index is 9.55. The molecule has 1 aliphatic heterocycles. The Morgan fingerprint density at radius 1 is 1.47 bits per heavy atom. The first-order valence-corrected chi connectivity index (χ1v) is 5.75. The Morgan fingerprint density at radius 2 is 2.27 bits per heavy atom. The fourth-order valence-electron chi connectivity index (χ4n) is 3.73. The third-order valence-electron chi connectivity index (χ3n) is 4.37. The zero-order chi connectivity index (χ0) is 10.6. The van der Waals surface area contributed by atoms with Crippen LogP contribution in [-0.2, 0) is 0 Å². The quantitative estimate of drug-likeness (QED) is 0.622. The molecule has 2 aliphatic carbocycles. The first-order chi connectivity index (χ1) is 7.18. The molecule has 3 aliphatic rings. The topological polar surface area (TPSA) is 49.5 Å². The van der Waals surface area contributed by atoms with Crippen molar-refractivity contribution in [2.45, 2.75) is 31.0 Å². The highest BCUT2D eigenvalue weighted by atomic mass is 16.3. The van der Waals surface area contributed by atoms with Gasteiger partial charge in [0, 0.05) is 24.0 Å². The van der Waals surface area contributed by atoms with E-state index in [1.807, 2.05) is 12.2 Å². The highest BCUT2D eigenvalue weighted by Gasteiger charge is 2.51. The summed E-state index contributed by atoms with van der Waals surface area (Å²) < 4.78 is 0. The number of likely N-dealkylation sites (tertiary alicyclic amines) is 1. The first kappa shape index (κ1) is 9.43. The number of likely N-dealkylation sites (N-methyl/N-ethyl adjacent to an activating group) is 1. The largest absolute Gasteiger partial charge is 0.508 e. The summed E-state index contributed by atoms with van der Waals surface area (Å²) in [5, 5.41) is 9.55. The van der Waals surface area contributed by atoms with Gasteiger partial charge in [0.15, 0.2) is 0 Å².